The van der Waals surface area contributed by atoms with Gasteiger partial charge in [0.05, 0.1) is 0 Å². The van der Waals surface area contributed by atoms with Crippen LogP contribution in [0.3, 0.4) is 0 Å². The van der Waals surface area contributed by atoms with Crippen molar-refractivity contribution in [2.45, 2.75) is 26.4 Å². The minimum atomic E-state index is -0.533. The van der Waals surface area contributed by atoms with Crippen molar-refractivity contribution < 1.29 is 9.53 Å². The number of ether oxygens (including phenoxy) is 1. The van der Waals surface area contributed by atoms with Gasteiger partial charge in [-0.05, 0) is 44.1 Å². The van der Waals surface area contributed by atoms with Crippen molar-refractivity contribution in [1.82, 2.24) is 0 Å². The van der Waals surface area contributed by atoms with E-state index < -0.39 is 5.60 Å². The average Bonchev–Trinajstić information content (AvgIpc) is 2.11. The highest BCUT2D eigenvalue weighted by atomic mass is 16.5. The van der Waals surface area contributed by atoms with Crippen molar-refractivity contribution in [2.75, 3.05) is 6.61 Å². The number of hydrogen-bond acceptors (Lipinski definition) is 2. The van der Waals surface area contributed by atoms with Gasteiger partial charge in [0.1, 0.15) is 12.2 Å². The Labute approximate surface area is 84.6 Å². The molecule has 0 heterocycles. The smallest absolute Gasteiger partial charge is 0.184 e. The lowest BCUT2D eigenvalue weighted by Gasteiger charge is -2.26. The summed E-state index contributed by atoms with van der Waals surface area (Å²) < 4.78 is 5.47. The van der Waals surface area contributed by atoms with Gasteiger partial charge in [0.15, 0.2) is 5.78 Å². The first-order valence-corrected chi connectivity index (χ1v) is 4.49. The third-order valence-corrected chi connectivity index (χ3v) is 2.19. The summed E-state index contributed by atoms with van der Waals surface area (Å²) in [5, 5.41) is 0. The zero-order valence-electron chi connectivity index (χ0n) is 8.76. The van der Waals surface area contributed by atoms with Crippen LogP contribution in [0.4, 0.5) is 0 Å². The number of terminal acetylenes is 1. The van der Waals surface area contributed by atoms with E-state index in [1.165, 1.54) is 0 Å². The second kappa shape index (κ2) is 3.81. The van der Waals surface area contributed by atoms with Gasteiger partial charge < -0.3 is 4.74 Å². The van der Waals surface area contributed by atoms with Crippen LogP contribution in [0.5, 0.6) is 0 Å². The number of rotatable bonds is 2. The maximum Gasteiger partial charge on any atom is 0.184 e. The molecule has 0 amide bonds. The Kier molecular flexibility index (Phi) is 2.93. The van der Waals surface area contributed by atoms with Crippen molar-refractivity contribution in [3.8, 4) is 12.3 Å². The van der Waals surface area contributed by atoms with E-state index in [0.29, 0.717) is 11.1 Å². The Morgan fingerprint density at radius 2 is 1.93 bits per heavy atom. The van der Waals surface area contributed by atoms with Crippen LogP contribution in [0.25, 0.3) is 0 Å². The van der Waals surface area contributed by atoms with E-state index in [0.717, 1.165) is 0 Å². The van der Waals surface area contributed by atoms with Gasteiger partial charge in [-0.1, -0.05) is 5.92 Å². The Balaban J connectivity index is 2.92. The number of allylic oxidation sites excluding steroid dienone is 2. The van der Waals surface area contributed by atoms with Crippen LogP contribution < -0.4 is 0 Å². The summed E-state index contributed by atoms with van der Waals surface area (Å²) in [5.41, 5.74) is 0.892. The molecule has 0 saturated carbocycles. The molecule has 74 valence electrons. The molecule has 0 aromatic rings. The quantitative estimate of drug-likeness (QED) is 0.621. The van der Waals surface area contributed by atoms with Crippen LogP contribution in [-0.2, 0) is 9.53 Å². The van der Waals surface area contributed by atoms with E-state index in [-0.39, 0.29) is 12.4 Å². The molecule has 0 saturated heterocycles. The fourth-order valence-corrected chi connectivity index (χ4v) is 1.62. The first-order valence-electron chi connectivity index (χ1n) is 4.49. The summed E-state index contributed by atoms with van der Waals surface area (Å²) in [7, 11) is 0. The van der Waals surface area contributed by atoms with Gasteiger partial charge in [0, 0.05) is 0 Å². The minimum Gasteiger partial charge on any atom is -0.354 e. The topological polar surface area (TPSA) is 26.3 Å². The van der Waals surface area contributed by atoms with Gasteiger partial charge in [-0.15, -0.1) is 6.42 Å². The number of carbonyl (C=O) groups is 1. The van der Waals surface area contributed by atoms with Crippen LogP contribution in [0, 0.1) is 12.3 Å². The molecule has 0 unspecified atom stereocenters. The zero-order valence-corrected chi connectivity index (χ0v) is 8.76. The zero-order chi connectivity index (χ0) is 10.8. The SMILES string of the molecule is C#CCOC1(C)C=C(C)C(=O)C(C)=C1. The summed E-state index contributed by atoms with van der Waals surface area (Å²) >= 11 is 0. The molecule has 0 aliphatic heterocycles. The Hall–Kier alpha value is -1.33. The molecule has 0 aromatic heterocycles. The second-order valence-electron chi connectivity index (χ2n) is 3.66. The highest BCUT2D eigenvalue weighted by molar-refractivity contribution is 6.08. The molecule has 0 bridgehead atoms. The largest absolute Gasteiger partial charge is 0.354 e. The molecule has 1 aliphatic rings. The van der Waals surface area contributed by atoms with Crippen molar-refractivity contribution in [3.05, 3.63) is 23.3 Å². The monoisotopic (exact) mass is 190 g/mol. The first-order chi connectivity index (χ1) is 6.48. The Morgan fingerprint density at radius 3 is 2.36 bits per heavy atom. The summed E-state index contributed by atoms with van der Waals surface area (Å²) in [6, 6.07) is 0. The van der Waals surface area contributed by atoms with Gasteiger partial charge in [-0.3, -0.25) is 4.79 Å². The lowest BCUT2D eigenvalue weighted by Crippen LogP contribution is -2.29. The van der Waals surface area contributed by atoms with Crippen LogP contribution in [0.2, 0.25) is 0 Å². The maximum absolute atomic E-state index is 11.5. The highest BCUT2D eigenvalue weighted by Gasteiger charge is 2.26. The predicted octanol–water partition coefficient (Wildman–Crippen LogP) is 1.87. The Morgan fingerprint density at radius 1 is 1.43 bits per heavy atom. The van der Waals surface area contributed by atoms with E-state index in [2.05, 4.69) is 5.92 Å². The summed E-state index contributed by atoms with van der Waals surface area (Å²) in [6.07, 6.45) is 8.73. The predicted molar refractivity (Wildman–Crippen MR) is 55.7 cm³/mol. The summed E-state index contributed by atoms with van der Waals surface area (Å²) in [6.45, 7) is 5.72. The Bertz CT molecular complexity index is 331. The second-order valence-corrected chi connectivity index (χ2v) is 3.66. The number of carbonyl (C=O) groups excluding carboxylic acids is 1. The summed E-state index contributed by atoms with van der Waals surface area (Å²) in [5.74, 6) is 2.49. The molecule has 0 spiro atoms. The molecule has 0 fully saturated rings. The molecule has 1 aliphatic carbocycles. The van der Waals surface area contributed by atoms with E-state index >= 15 is 0 Å². The number of Topliss-reactive ketones (excluding diaryl/α,β-unsaturated/α-hetero) is 1. The average molecular weight is 190 g/mol. The lowest BCUT2D eigenvalue weighted by molar-refractivity contribution is -0.112. The normalized spacial score (nSPS) is 19.7. The lowest BCUT2D eigenvalue weighted by atomic mass is 9.89. The van der Waals surface area contributed by atoms with Gasteiger partial charge in [0.25, 0.3) is 0 Å². The van der Waals surface area contributed by atoms with Gasteiger partial charge in [-0.2, -0.15) is 0 Å². The number of hydrogen-bond donors (Lipinski definition) is 0. The highest BCUT2D eigenvalue weighted by Crippen LogP contribution is 2.25. The molecule has 0 atom stereocenters. The van der Waals surface area contributed by atoms with Gasteiger partial charge >= 0.3 is 0 Å². The third-order valence-electron chi connectivity index (χ3n) is 2.19. The number of ketones is 1. The minimum absolute atomic E-state index is 0.0757. The molecule has 14 heavy (non-hydrogen) atoms. The van der Waals surface area contributed by atoms with Crippen molar-refractivity contribution in [2.24, 2.45) is 0 Å². The van der Waals surface area contributed by atoms with Crippen molar-refractivity contribution in [1.29, 1.82) is 0 Å². The molecule has 2 heteroatoms. The van der Waals surface area contributed by atoms with E-state index in [1.54, 1.807) is 26.0 Å². The molecule has 0 radical (unpaired) electrons. The molecule has 0 N–H and O–H groups in total. The van der Waals surface area contributed by atoms with E-state index in [1.807, 2.05) is 6.92 Å². The van der Waals surface area contributed by atoms with Crippen LogP contribution in [-0.4, -0.2) is 18.0 Å². The van der Waals surface area contributed by atoms with Gasteiger partial charge in [0.2, 0.25) is 0 Å². The maximum atomic E-state index is 11.5. The van der Waals surface area contributed by atoms with E-state index in [9.17, 15) is 4.79 Å². The fourth-order valence-electron chi connectivity index (χ4n) is 1.62. The molecule has 1 rings (SSSR count). The first kappa shape index (κ1) is 10.7. The van der Waals surface area contributed by atoms with Gasteiger partial charge in [-0.25, -0.2) is 0 Å². The molecular weight excluding hydrogens is 176 g/mol. The third kappa shape index (κ3) is 2.12. The van der Waals surface area contributed by atoms with Crippen LogP contribution in [0.1, 0.15) is 20.8 Å². The molecule has 2 nitrogen and oxygen atoms in total. The van der Waals surface area contributed by atoms with E-state index in [4.69, 9.17) is 11.2 Å². The van der Waals surface area contributed by atoms with Crippen molar-refractivity contribution >= 4 is 5.78 Å². The molecule has 0 aromatic carbocycles. The van der Waals surface area contributed by atoms with Crippen molar-refractivity contribution in [3.63, 3.8) is 0 Å². The van der Waals surface area contributed by atoms with Crippen LogP contribution >= 0.6 is 0 Å². The van der Waals surface area contributed by atoms with Crippen LogP contribution in [0.15, 0.2) is 23.3 Å². The fraction of sp³-hybridized carbons (Fsp3) is 0.417. The summed E-state index contributed by atoms with van der Waals surface area (Å²) in [4.78, 5) is 11.5. The standard InChI is InChI=1S/C12H14O2/c1-5-6-14-12(4)7-9(2)11(13)10(3)8-12/h1,7-8H,6H2,2-4H3. The molecular formula is C12H14O2.